The molecule has 21 heavy (non-hydrogen) atoms. The van der Waals surface area contributed by atoms with Crippen LogP contribution in [-0.2, 0) is 4.74 Å². The summed E-state index contributed by atoms with van der Waals surface area (Å²) >= 11 is 0. The fourth-order valence-electron chi connectivity index (χ4n) is 3.58. The molecule has 7 heteroatoms. The van der Waals surface area contributed by atoms with Gasteiger partial charge in [-0.25, -0.2) is 4.79 Å². The highest BCUT2D eigenvalue weighted by Crippen LogP contribution is 2.45. The van der Waals surface area contributed by atoms with Crippen molar-refractivity contribution in [1.29, 1.82) is 0 Å². The molecule has 1 saturated heterocycles. The Morgan fingerprint density at radius 3 is 2.76 bits per heavy atom. The van der Waals surface area contributed by atoms with Crippen molar-refractivity contribution in [3.63, 3.8) is 0 Å². The number of nitrogens with one attached hydrogen (secondary N) is 1. The van der Waals surface area contributed by atoms with Gasteiger partial charge in [0.15, 0.2) is 5.82 Å². The van der Waals surface area contributed by atoms with Crippen LogP contribution in [0.15, 0.2) is 0 Å². The third-order valence-corrected chi connectivity index (χ3v) is 4.35. The molecule has 0 radical (unpaired) electrons. The number of ether oxygens (including phenoxy) is 1. The second-order valence-corrected chi connectivity index (χ2v) is 7.02. The van der Waals surface area contributed by atoms with E-state index in [0.717, 1.165) is 19.3 Å². The number of H-pyrrole nitrogens is 1. The number of rotatable bonds is 1. The third-order valence-electron chi connectivity index (χ3n) is 4.35. The number of amides is 1. The van der Waals surface area contributed by atoms with Crippen molar-refractivity contribution < 1.29 is 9.53 Å². The Morgan fingerprint density at radius 2 is 2.10 bits per heavy atom. The molecule has 1 aromatic heterocycles. The minimum atomic E-state index is -0.494. The maximum Gasteiger partial charge on any atom is 0.411 e. The monoisotopic (exact) mass is 293 g/mol. The van der Waals surface area contributed by atoms with Gasteiger partial charge < -0.3 is 4.74 Å². The lowest BCUT2D eigenvalue weighted by atomic mass is 9.85. The summed E-state index contributed by atoms with van der Waals surface area (Å²) in [6.07, 6.45) is 5.26. The number of likely N-dealkylation sites (tertiary alicyclic amines) is 1. The van der Waals surface area contributed by atoms with Crippen LogP contribution in [0.2, 0.25) is 0 Å². The number of hydrogen-bond donors (Lipinski definition) is 1. The summed E-state index contributed by atoms with van der Waals surface area (Å²) in [7, 11) is 0. The first-order valence-electron chi connectivity index (χ1n) is 7.70. The van der Waals surface area contributed by atoms with Crippen LogP contribution in [-0.4, -0.2) is 43.3 Å². The average molecular weight is 293 g/mol. The van der Waals surface area contributed by atoms with E-state index >= 15 is 0 Å². The highest BCUT2D eigenvalue weighted by molar-refractivity contribution is 5.69. The van der Waals surface area contributed by atoms with Crippen LogP contribution < -0.4 is 0 Å². The van der Waals surface area contributed by atoms with Crippen molar-refractivity contribution in [3.05, 3.63) is 5.82 Å². The van der Waals surface area contributed by atoms with Gasteiger partial charge in [0.25, 0.3) is 0 Å². The zero-order chi connectivity index (χ0) is 15.0. The molecule has 1 amide bonds. The summed E-state index contributed by atoms with van der Waals surface area (Å²) in [5.41, 5.74) is -0.494. The minimum Gasteiger partial charge on any atom is -0.444 e. The molecule has 3 rings (SSSR count). The van der Waals surface area contributed by atoms with Gasteiger partial charge in [0.2, 0.25) is 0 Å². The number of nitrogens with zero attached hydrogens (tertiary/aromatic N) is 4. The molecule has 1 N–H and O–H groups in total. The number of hydrogen-bond acceptors (Lipinski definition) is 5. The lowest BCUT2D eigenvalue weighted by Gasteiger charge is -2.34. The molecular weight excluding hydrogens is 270 g/mol. The number of carbonyl (C=O) groups is 1. The van der Waals surface area contributed by atoms with Crippen molar-refractivity contribution in [2.45, 2.75) is 70.6 Å². The first kappa shape index (κ1) is 14.3. The number of fused-ring (bicyclic) bond motifs is 1. The van der Waals surface area contributed by atoms with E-state index in [0.29, 0.717) is 11.7 Å². The normalized spacial score (nSPS) is 29.3. The van der Waals surface area contributed by atoms with Gasteiger partial charge in [-0.15, -0.1) is 10.2 Å². The lowest BCUT2D eigenvalue weighted by Crippen LogP contribution is -2.43. The van der Waals surface area contributed by atoms with Crippen LogP contribution in [0.25, 0.3) is 0 Å². The topological polar surface area (TPSA) is 84.0 Å². The van der Waals surface area contributed by atoms with Crippen LogP contribution in [0.3, 0.4) is 0 Å². The highest BCUT2D eigenvalue weighted by atomic mass is 16.6. The van der Waals surface area contributed by atoms with Gasteiger partial charge in [0.1, 0.15) is 5.60 Å². The summed E-state index contributed by atoms with van der Waals surface area (Å²) in [5, 5.41) is 14.3. The van der Waals surface area contributed by atoms with Gasteiger partial charge in [0, 0.05) is 6.04 Å². The van der Waals surface area contributed by atoms with Crippen LogP contribution in [0.4, 0.5) is 4.79 Å². The summed E-state index contributed by atoms with van der Waals surface area (Å²) in [6.45, 7) is 5.67. The standard InChI is InChI=1S/C14H23N5O2/c1-14(2,3)21-13(20)19-10-7-5-4-6-9(10)8-11(19)12-15-17-18-16-12/h9-11H,4-8H2,1-3H3,(H,15,16,17,18)/t9-,10-,11-/m0/s1. The average Bonchev–Trinajstić information content (AvgIpc) is 3.03. The summed E-state index contributed by atoms with van der Waals surface area (Å²) in [4.78, 5) is 14.5. The number of aromatic nitrogens is 4. The molecule has 2 heterocycles. The minimum absolute atomic E-state index is 0.119. The van der Waals surface area contributed by atoms with Gasteiger partial charge in [-0.05, 0) is 46.0 Å². The SMILES string of the molecule is CC(C)(C)OC(=O)N1[C@H](c2nn[nH]n2)C[C@@H]2CCCC[C@@H]21. The van der Waals surface area contributed by atoms with Crippen LogP contribution in [0, 0.1) is 5.92 Å². The van der Waals surface area contributed by atoms with Crippen molar-refractivity contribution in [3.8, 4) is 0 Å². The quantitative estimate of drug-likeness (QED) is 0.859. The van der Waals surface area contributed by atoms with Crippen molar-refractivity contribution >= 4 is 6.09 Å². The van der Waals surface area contributed by atoms with Gasteiger partial charge >= 0.3 is 6.09 Å². The Bertz CT molecular complexity index is 496. The fourth-order valence-corrected chi connectivity index (χ4v) is 3.58. The predicted octanol–water partition coefficient (Wildman–Crippen LogP) is 2.44. The molecule has 1 aliphatic heterocycles. The van der Waals surface area contributed by atoms with Gasteiger partial charge in [-0.2, -0.15) is 5.21 Å². The van der Waals surface area contributed by atoms with E-state index in [1.807, 2.05) is 25.7 Å². The molecule has 0 bridgehead atoms. The Labute approximate surface area is 124 Å². The number of tetrazole rings is 1. The van der Waals surface area contributed by atoms with E-state index in [1.165, 1.54) is 12.8 Å². The molecule has 1 aliphatic carbocycles. The molecule has 2 fully saturated rings. The van der Waals surface area contributed by atoms with E-state index in [-0.39, 0.29) is 18.2 Å². The van der Waals surface area contributed by atoms with Crippen molar-refractivity contribution in [2.24, 2.45) is 5.92 Å². The zero-order valence-electron chi connectivity index (χ0n) is 12.9. The summed E-state index contributed by atoms with van der Waals surface area (Å²) in [5.74, 6) is 1.12. The fraction of sp³-hybridized carbons (Fsp3) is 0.857. The van der Waals surface area contributed by atoms with Crippen LogP contribution in [0.1, 0.15) is 64.7 Å². The molecule has 0 spiro atoms. The Morgan fingerprint density at radius 1 is 1.33 bits per heavy atom. The molecular formula is C14H23N5O2. The maximum atomic E-state index is 12.6. The zero-order valence-corrected chi connectivity index (χ0v) is 12.9. The molecule has 2 aliphatic rings. The Kier molecular flexibility index (Phi) is 3.59. The first-order chi connectivity index (χ1) is 9.96. The largest absolute Gasteiger partial charge is 0.444 e. The molecule has 116 valence electrons. The molecule has 3 atom stereocenters. The second-order valence-electron chi connectivity index (χ2n) is 7.02. The van der Waals surface area contributed by atoms with Crippen molar-refractivity contribution in [2.75, 3.05) is 0 Å². The first-order valence-corrected chi connectivity index (χ1v) is 7.70. The smallest absolute Gasteiger partial charge is 0.411 e. The van der Waals surface area contributed by atoms with Crippen LogP contribution >= 0.6 is 0 Å². The third kappa shape index (κ3) is 2.87. The number of carbonyl (C=O) groups excluding carboxylic acids is 1. The van der Waals surface area contributed by atoms with E-state index in [2.05, 4.69) is 20.6 Å². The second kappa shape index (κ2) is 5.27. The molecule has 0 aromatic carbocycles. The molecule has 7 nitrogen and oxygen atoms in total. The van der Waals surface area contributed by atoms with Gasteiger partial charge in [0.05, 0.1) is 6.04 Å². The van der Waals surface area contributed by atoms with Crippen LogP contribution in [0.5, 0.6) is 0 Å². The molecule has 0 unspecified atom stereocenters. The maximum absolute atomic E-state index is 12.6. The summed E-state index contributed by atoms with van der Waals surface area (Å²) in [6, 6.07) is 0.129. The van der Waals surface area contributed by atoms with E-state index in [9.17, 15) is 4.79 Å². The van der Waals surface area contributed by atoms with E-state index in [1.54, 1.807) is 0 Å². The lowest BCUT2D eigenvalue weighted by molar-refractivity contribution is 0.00946. The van der Waals surface area contributed by atoms with Gasteiger partial charge in [-0.1, -0.05) is 18.1 Å². The van der Waals surface area contributed by atoms with Gasteiger partial charge in [-0.3, -0.25) is 4.90 Å². The summed E-state index contributed by atoms with van der Waals surface area (Å²) < 4.78 is 5.60. The highest BCUT2D eigenvalue weighted by Gasteiger charge is 2.48. The predicted molar refractivity (Wildman–Crippen MR) is 75.4 cm³/mol. The van der Waals surface area contributed by atoms with Crippen molar-refractivity contribution in [1.82, 2.24) is 25.5 Å². The molecule has 1 aromatic rings. The van der Waals surface area contributed by atoms with E-state index in [4.69, 9.17) is 4.74 Å². The van der Waals surface area contributed by atoms with E-state index < -0.39 is 5.60 Å². The Hall–Kier alpha value is -1.66. The molecule has 1 saturated carbocycles. The Balaban J connectivity index is 1.86. The number of aromatic amines is 1.